The Hall–Kier alpha value is -3.13. The van der Waals surface area contributed by atoms with Crippen molar-refractivity contribution in [3.05, 3.63) is 83.1 Å². The molecule has 8 heteroatoms. The van der Waals surface area contributed by atoms with Gasteiger partial charge in [-0.3, -0.25) is 0 Å². The fraction of sp³-hybridized carbons (Fsp3) is 0.150. The zero-order valence-electron chi connectivity index (χ0n) is 15.3. The van der Waals surface area contributed by atoms with Crippen molar-refractivity contribution in [2.75, 3.05) is 0 Å². The maximum absolute atomic E-state index is 12.9. The van der Waals surface area contributed by atoms with Gasteiger partial charge in [0.15, 0.2) is 0 Å². The average Bonchev–Trinajstić information content (AvgIpc) is 3.08. The Labute approximate surface area is 162 Å². The van der Waals surface area contributed by atoms with E-state index in [4.69, 9.17) is 9.15 Å². The summed E-state index contributed by atoms with van der Waals surface area (Å²) >= 11 is 0. The lowest BCUT2D eigenvalue weighted by Crippen LogP contribution is -2.19. The monoisotopic (exact) mass is 402 g/mol. The highest BCUT2D eigenvalue weighted by Gasteiger charge is 2.15. The topological polar surface area (TPSA) is 80.9 Å². The number of furan rings is 1. The van der Waals surface area contributed by atoms with Crippen LogP contribution < -0.4 is 9.57 Å². The number of hydrazone groups is 1. The molecule has 0 amide bonds. The van der Waals surface area contributed by atoms with Gasteiger partial charge in [-0.1, -0.05) is 17.7 Å². The maximum atomic E-state index is 12.9. The van der Waals surface area contributed by atoms with Crippen LogP contribution in [0.15, 0.2) is 69.0 Å². The Balaban J connectivity index is 1.59. The highest BCUT2D eigenvalue weighted by molar-refractivity contribution is 7.89. The maximum Gasteiger partial charge on any atom is 0.276 e. The van der Waals surface area contributed by atoms with Crippen molar-refractivity contribution in [1.82, 2.24) is 4.83 Å². The van der Waals surface area contributed by atoms with E-state index in [9.17, 15) is 12.8 Å². The van der Waals surface area contributed by atoms with Crippen LogP contribution in [0.5, 0.6) is 5.75 Å². The quantitative estimate of drug-likeness (QED) is 0.480. The van der Waals surface area contributed by atoms with E-state index >= 15 is 0 Å². The van der Waals surface area contributed by atoms with Gasteiger partial charge in [-0.05, 0) is 61.9 Å². The number of nitrogens with zero attached hydrogens (tertiary/aromatic N) is 1. The van der Waals surface area contributed by atoms with Crippen LogP contribution in [0.4, 0.5) is 4.39 Å². The van der Waals surface area contributed by atoms with Gasteiger partial charge in [0.2, 0.25) is 0 Å². The lowest BCUT2D eigenvalue weighted by atomic mass is 10.2. The summed E-state index contributed by atoms with van der Waals surface area (Å²) in [4.78, 5) is 2.34. The molecule has 0 aliphatic carbocycles. The fourth-order valence-electron chi connectivity index (χ4n) is 2.54. The molecule has 0 spiro atoms. The van der Waals surface area contributed by atoms with E-state index in [0.717, 1.165) is 5.56 Å². The molecule has 0 unspecified atom stereocenters. The highest BCUT2D eigenvalue weighted by atomic mass is 32.2. The minimum Gasteiger partial charge on any atom is -0.486 e. The predicted molar refractivity (Wildman–Crippen MR) is 103 cm³/mol. The largest absolute Gasteiger partial charge is 0.486 e. The number of nitrogens with one attached hydrogen (secondary N) is 1. The summed E-state index contributed by atoms with van der Waals surface area (Å²) in [5.41, 5.74) is 1.62. The summed E-state index contributed by atoms with van der Waals surface area (Å²) in [5, 5.41) is 3.76. The van der Waals surface area contributed by atoms with Crippen LogP contribution in [0.25, 0.3) is 0 Å². The zero-order chi connectivity index (χ0) is 20.1. The third-order valence-electron chi connectivity index (χ3n) is 3.86. The third-order valence-corrected chi connectivity index (χ3v) is 5.24. The van der Waals surface area contributed by atoms with Gasteiger partial charge in [0.05, 0.1) is 11.1 Å². The van der Waals surface area contributed by atoms with E-state index in [2.05, 4.69) is 9.93 Å². The van der Waals surface area contributed by atoms with Crippen LogP contribution >= 0.6 is 0 Å². The third kappa shape index (κ3) is 4.98. The first-order chi connectivity index (χ1) is 13.3. The van der Waals surface area contributed by atoms with Crippen LogP contribution in [0, 0.1) is 19.7 Å². The molecule has 6 nitrogen and oxygen atoms in total. The fourth-order valence-corrected chi connectivity index (χ4v) is 3.56. The Bertz CT molecular complexity index is 1090. The molecule has 0 bridgehead atoms. The van der Waals surface area contributed by atoms with Crippen LogP contribution in [0.2, 0.25) is 0 Å². The highest BCUT2D eigenvalue weighted by Crippen LogP contribution is 2.17. The van der Waals surface area contributed by atoms with Gasteiger partial charge >= 0.3 is 0 Å². The van der Waals surface area contributed by atoms with Crippen molar-refractivity contribution >= 4 is 16.2 Å². The molecule has 146 valence electrons. The number of aryl methyl sites for hydroxylation is 2. The normalized spacial score (nSPS) is 11.7. The van der Waals surface area contributed by atoms with Crippen molar-refractivity contribution in [1.29, 1.82) is 0 Å². The zero-order valence-corrected chi connectivity index (χ0v) is 16.2. The molecule has 0 aliphatic rings. The number of sulfonamides is 1. The van der Waals surface area contributed by atoms with Crippen molar-refractivity contribution in [2.45, 2.75) is 25.3 Å². The molecule has 1 aromatic heterocycles. The average molecular weight is 402 g/mol. The van der Waals surface area contributed by atoms with Gasteiger partial charge in [0.25, 0.3) is 10.0 Å². The molecule has 0 radical (unpaired) electrons. The molecule has 0 saturated carbocycles. The Kier molecular flexibility index (Phi) is 5.79. The number of hydrogen-bond acceptors (Lipinski definition) is 5. The summed E-state index contributed by atoms with van der Waals surface area (Å²) in [5.74, 6) is 1.05. The molecule has 3 rings (SSSR count). The van der Waals surface area contributed by atoms with Crippen LogP contribution in [-0.4, -0.2) is 14.6 Å². The van der Waals surface area contributed by atoms with E-state index < -0.39 is 10.0 Å². The number of halogens is 1. The van der Waals surface area contributed by atoms with E-state index in [1.165, 1.54) is 30.5 Å². The molecule has 2 aromatic carbocycles. The number of hydrogen-bond donors (Lipinski definition) is 1. The Morgan fingerprint density at radius 1 is 1.11 bits per heavy atom. The minimum absolute atomic E-state index is 0.147. The molecule has 0 atom stereocenters. The van der Waals surface area contributed by atoms with E-state index in [1.54, 1.807) is 37.3 Å². The van der Waals surface area contributed by atoms with Gasteiger partial charge in [0, 0.05) is 0 Å². The van der Waals surface area contributed by atoms with Crippen molar-refractivity contribution in [3.8, 4) is 5.75 Å². The molecule has 0 fully saturated rings. The molecular formula is C20H19FN2O4S. The summed E-state index contributed by atoms with van der Waals surface area (Å²) in [6.45, 7) is 3.77. The van der Waals surface area contributed by atoms with Crippen molar-refractivity contribution in [2.24, 2.45) is 5.10 Å². The minimum atomic E-state index is -3.77. The van der Waals surface area contributed by atoms with Gasteiger partial charge in [0.1, 0.15) is 29.7 Å². The summed E-state index contributed by atoms with van der Waals surface area (Å²) in [6.07, 6.45) is 1.27. The molecule has 1 heterocycles. The number of benzene rings is 2. The van der Waals surface area contributed by atoms with Gasteiger partial charge in [-0.2, -0.15) is 18.4 Å². The Morgan fingerprint density at radius 2 is 1.86 bits per heavy atom. The molecule has 3 aromatic rings. The van der Waals surface area contributed by atoms with Gasteiger partial charge < -0.3 is 9.15 Å². The second-order valence-corrected chi connectivity index (χ2v) is 7.80. The van der Waals surface area contributed by atoms with Crippen LogP contribution in [-0.2, 0) is 16.6 Å². The SMILES string of the molecule is Cc1ccc(S(=O)(=O)N/N=C/c2ccc(COc3ccc(F)cc3)o2)c(C)c1. The first kappa shape index (κ1) is 19.6. The van der Waals surface area contributed by atoms with Crippen LogP contribution in [0.1, 0.15) is 22.6 Å². The first-order valence-corrected chi connectivity index (χ1v) is 9.91. The summed E-state index contributed by atoms with van der Waals surface area (Å²) in [6, 6.07) is 14.0. The number of ether oxygens (including phenoxy) is 1. The van der Waals surface area contributed by atoms with Crippen LogP contribution in [0.3, 0.4) is 0 Å². The summed E-state index contributed by atoms with van der Waals surface area (Å²) < 4.78 is 48.5. The Morgan fingerprint density at radius 3 is 2.57 bits per heavy atom. The summed E-state index contributed by atoms with van der Waals surface area (Å²) in [7, 11) is -3.77. The standard InChI is InChI=1S/C20H19FN2O4S/c1-14-3-10-20(15(2)11-14)28(24,25)23-22-12-18-8-9-19(27-18)13-26-17-6-4-16(21)5-7-17/h3-12,23H,13H2,1-2H3/b22-12+. The van der Waals surface area contributed by atoms with E-state index in [-0.39, 0.29) is 17.3 Å². The van der Waals surface area contributed by atoms with Crippen molar-refractivity contribution < 1.29 is 22.0 Å². The first-order valence-electron chi connectivity index (χ1n) is 8.43. The molecule has 0 aliphatic heterocycles. The van der Waals surface area contributed by atoms with E-state index in [1.807, 2.05) is 6.92 Å². The smallest absolute Gasteiger partial charge is 0.276 e. The van der Waals surface area contributed by atoms with E-state index in [0.29, 0.717) is 22.8 Å². The van der Waals surface area contributed by atoms with Gasteiger partial charge in [-0.15, -0.1) is 0 Å². The lowest BCUT2D eigenvalue weighted by Gasteiger charge is -2.07. The lowest BCUT2D eigenvalue weighted by molar-refractivity contribution is 0.269. The van der Waals surface area contributed by atoms with Crippen molar-refractivity contribution in [3.63, 3.8) is 0 Å². The number of rotatable bonds is 7. The molecule has 1 N–H and O–H groups in total. The van der Waals surface area contributed by atoms with Gasteiger partial charge in [-0.25, -0.2) is 4.39 Å². The molecule has 0 saturated heterocycles. The predicted octanol–water partition coefficient (Wildman–Crippen LogP) is 3.93. The second-order valence-electron chi connectivity index (χ2n) is 6.17. The molecular weight excluding hydrogens is 383 g/mol. The molecule has 28 heavy (non-hydrogen) atoms. The second kappa shape index (κ2) is 8.26.